The highest BCUT2D eigenvalue weighted by atomic mass is 15.3. The van der Waals surface area contributed by atoms with Crippen LogP contribution in [0.3, 0.4) is 0 Å². The quantitative estimate of drug-likeness (QED) is 0.571. The van der Waals surface area contributed by atoms with E-state index in [1.165, 1.54) is 12.8 Å². The highest BCUT2D eigenvalue weighted by molar-refractivity contribution is 5.67. The van der Waals surface area contributed by atoms with Crippen LogP contribution in [0.25, 0.3) is 5.65 Å². The highest BCUT2D eigenvalue weighted by Gasteiger charge is 2.40. The maximum absolute atomic E-state index is 8.95. The minimum absolute atomic E-state index is 0.331. The zero-order valence-corrected chi connectivity index (χ0v) is 17.3. The number of nitriles is 1. The van der Waals surface area contributed by atoms with Crippen LogP contribution in [-0.2, 0) is 0 Å². The van der Waals surface area contributed by atoms with Crippen LogP contribution in [0.2, 0.25) is 0 Å². The van der Waals surface area contributed by atoms with Crippen LogP contribution in [-0.4, -0.2) is 59.3 Å². The molecule has 2 bridgehead atoms. The van der Waals surface area contributed by atoms with Gasteiger partial charge < -0.3 is 10.6 Å². The van der Waals surface area contributed by atoms with E-state index in [0.29, 0.717) is 42.0 Å². The number of H-pyrrole nitrogens is 1. The first-order valence-corrected chi connectivity index (χ1v) is 10.5. The molecule has 3 aromatic heterocycles. The lowest BCUT2D eigenvalue weighted by Gasteiger charge is -2.39. The third-order valence-corrected chi connectivity index (χ3v) is 6.09. The zero-order valence-electron chi connectivity index (χ0n) is 17.3. The van der Waals surface area contributed by atoms with E-state index in [-0.39, 0.29) is 0 Å². The maximum Gasteiger partial charge on any atom is 0.198 e. The second kappa shape index (κ2) is 7.57. The number of aromatic nitrogens is 6. The maximum atomic E-state index is 8.95. The molecule has 156 valence electrons. The highest BCUT2D eigenvalue weighted by Crippen LogP contribution is 2.37. The Labute approximate surface area is 174 Å². The summed E-state index contributed by atoms with van der Waals surface area (Å²) in [6, 6.07) is 5.63. The van der Waals surface area contributed by atoms with Gasteiger partial charge in [0.15, 0.2) is 23.1 Å². The van der Waals surface area contributed by atoms with Gasteiger partial charge in [-0.3, -0.25) is 10.00 Å². The summed E-state index contributed by atoms with van der Waals surface area (Å²) >= 11 is 0. The average Bonchev–Trinajstić information content (AvgIpc) is 3.35. The van der Waals surface area contributed by atoms with Gasteiger partial charge in [-0.2, -0.15) is 15.5 Å². The lowest BCUT2D eigenvalue weighted by molar-refractivity contribution is 0.136. The SMILES string of the molecule is Cc1nc2c(N[C@@H]3C[C@H]4CC[C@@H](C3)N4CCC#N)nc(Nc3cc(C)[nH]n3)cn2n1. The van der Waals surface area contributed by atoms with E-state index in [1.54, 1.807) is 4.52 Å². The molecular weight excluding hydrogens is 380 g/mol. The number of anilines is 3. The van der Waals surface area contributed by atoms with Gasteiger partial charge in [-0.05, 0) is 39.5 Å². The summed E-state index contributed by atoms with van der Waals surface area (Å²) in [7, 11) is 0. The molecule has 0 radical (unpaired) electrons. The molecular formula is C20H26N10. The number of nitrogens with one attached hydrogen (secondary N) is 3. The molecule has 3 N–H and O–H groups in total. The molecule has 30 heavy (non-hydrogen) atoms. The van der Waals surface area contributed by atoms with Crippen molar-refractivity contribution in [2.45, 2.75) is 64.1 Å². The van der Waals surface area contributed by atoms with E-state index < -0.39 is 0 Å². The lowest BCUT2D eigenvalue weighted by atomic mass is 9.97. The van der Waals surface area contributed by atoms with Gasteiger partial charge >= 0.3 is 0 Å². The number of aromatic amines is 1. The third kappa shape index (κ3) is 3.57. The lowest BCUT2D eigenvalue weighted by Crippen LogP contribution is -2.47. The summed E-state index contributed by atoms with van der Waals surface area (Å²) in [6.07, 6.45) is 6.96. The Balaban J connectivity index is 1.38. The van der Waals surface area contributed by atoms with Gasteiger partial charge in [-0.1, -0.05) is 0 Å². The Bertz CT molecular complexity index is 1080. The molecule has 0 aliphatic carbocycles. The van der Waals surface area contributed by atoms with Gasteiger partial charge in [0.2, 0.25) is 0 Å². The fourth-order valence-corrected chi connectivity index (χ4v) is 4.90. The number of hydrogen-bond donors (Lipinski definition) is 3. The summed E-state index contributed by atoms with van der Waals surface area (Å²) in [5.74, 6) is 2.82. The summed E-state index contributed by atoms with van der Waals surface area (Å²) in [4.78, 5) is 11.9. The van der Waals surface area contributed by atoms with Crippen molar-refractivity contribution in [3.05, 3.63) is 23.8 Å². The van der Waals surface area contributed by atoms with E-state index in [4.69, 9.17) is 10.2 Å². The van der Waals surface area contributed by atoms with Gasteiger partial charge in [0.25, 0.3) is 0 Å². The molecule has 2 saturated heterocycles. The summed E-state index contributed by atoms with van der Waals surface area (Å²) in [5, 5.41) is 27.5. The van der Waals surface area contributed by atoms with Gasteiger partial charge in [-0.15, -0.1) is 0 Å². The van der Waals surface area contributed by atoms with E-state index in [9.17, 15) is 0 Å². The molecule has 5 rings (SSSR count). The largest absolute Gasteiger partial charge is 0.364 e. The molecule has 10 heteroatoms. The van der Waals surface area contributed by atoms with E-state index in [2.05, 4.69) is 41.9 Å². The van der Waals surface area contributed by atoms with Crippen molar-refractivity contribution in [1.29, 1.82) is 5.26 Å². The van der Waals surface area contributed by atoms with Crippen LogP contribution in [0.1, 0.15) is 43.6 Å². The molecule has 2 fully saturated rings. The monoisotopic (exact) mass is 406 g/mol. The molecule has 5 heterocycles. The van der Waals surface area contributed by atoms with Crippen LogP contribution in [0.15, 0.2) is 12.3 Å². The normalized spacial score (nSPS) is 23.6. The van der Waals surface area contributed by atoms with Crippen molar-refractivity contribution in [3.63, 3.8) is 0 Å². The van der Waals surface area contributed by atoms with E-state index >= 15 is 0 Å². The predicted octanol–water partition coefficient (Wildman–Crippen LogP) is 2.53. The van der Waals surface area contributed by atoms with Crippen LogP contribution in [0, 0.1) is 25.2 Å². The van der Waals surface area contributed by atoms with Crippen molar-refractivity contribution >= 4 is 23.1 Å². The number of aryl methyl sites for hydroxylation is 2. The Morgan fingerprint density at radius 1 is 1.20 bits per heavy atom. The van der Waals surface area contributed by atoms with Crippen molar-refractivity contribution in [1.82, 2.24) is 34.7 Å². The number of piperidine rings is 1. The molecule has 0 unspecified atom stereocenters. The molecule has 2 aliphatic heterocycles. The van der Waals surface area contributed by atoms with Gasteiger partial charge in [-0.25, -0.2) is 14.5 Å². The first-order chi connectivity index (χ1) is 14.6. The second-order valence-corrected chi connectivity index (χ2v) is 8.31. The van der Waals surface area contributed by atoms with Crippen molar-refractivity contribution < 1.29 is 0 Å². The van der Waals surface area contributed by atoms with Crippen molar-refractivity contribution in [3.8, 4) is 6.07 Å². The van der Waals surface area contributed by atoms with Crippen LogP contribution < -0.4 is 10.6 Å². The molecule has 3 atom stereocenters. The molecule has 10 nitrogen and oxygen atoms in total. The molecule has 0 aromatic carbocycles. The summed E-state index contributed by atoms with van der Waals surface area (Å²) in [5.41, 5.74) is 1.71. The second-order valence-electron chi connectivity index (χ2n) is 8.31. The first-order valence-electron chi connectivity index (χ1n) is 10.5. The fourth-order valence-electron chi connectivity index (χ4n) is 4.90. The minimum Gasteiger partial charge on any atom is -0.364 e. The Hall–Kier alpha value is -3.19. The topological polar surface area (TPSA) is 123 Å². The molecule has 3 aromatic rings. The molecule has 0 amide bonds. The first kappa shape index (κ1) is 18.8. The van der Waals surface area contributed by atoms with E-state index in [0.717, 1.165) is 36.5 Å². The predicted molar refractivity (Wildman–Crippen MR) is 113 cm³/mol. The zero-order chi connectivity index (χ0) is 20.7. The Morgan fingerprint density at radius 2 is 2.00 bits per heavy atom. The summed E-state index contributed by atoms with van der Waals surface area (Å²) in [6.45, 7) is 4.72. The van der Waals surface area contributed by atoms with Crippen LogP contribution >= 0.6 is 0 Å². The number of hydrogen-bond acceptors (Lipinski definition) is 8. The van der Waals surface area contributed by atoms with E-state index in [1.807, 2.05) is 26.1 Å². The smallest absolute Gasteiger partial charge is 0.198 e. The fraction of sp³-hybridized carbons (Fsp3) is 0.550. The van der Waals surface area contributed by atoms with Gasteiger partial charge in [0, 0.05) is 42.9 Å². The summed E-state index contributed by atoms with van der Waals surface area (Å²) < 4.78 is 1.77. The average molecular weight is 406 g/mol. The molecule has 0 spiro atoms. The number of fused-ring (bicyclic) bond motifs is 3. The van der Waals surface area contributed by atoms with Gasteiger partial charge in [0.05, 0.1) is 12.3 Å². The Morgan fingerprint density at radius 3 is 2.70 bits per heavy atom. The molecule has 0 saturated carbocycles. The van der Waals surface area contributed by atoms with Crippen LogP contribution in [0.5, 0.6) is 0 Å². The third-order valence-electron chi connectivity index (χ3n) is 6.09. The Kier molecular flexibility index (Phi) is 4.75. The minimum atomic E-state index is 0.331. The molecule has 2 aliphatic rings. The standard InChI is InChI=1S/C20H26N10/c1-12-8-17(27-26-12)24-18-11-30-20(22-13(2)28-30)19(25-18)23-14-9-15-4-5-16(10-14)29(15)7-3-6-21/h8,11,14-16H,3-5,7,9-10H2,1-2H3,(H,23,25)(H2,24,26,27)/t14-,15-,16+. The number of nitrogens with zero attached hydrogens (tertiary/aromatic N) is 7. The van der Waals surface area contributed by atoms with Gasteiger partial charge in [0.1, 0.15) is 5.82 Å². The number of rotatable bonds is 6. The van der Waals surface area contributed by atoms with Crippen molar-refractivity contribution in [2.24, 2.45) is 0 Å². The van der Waals surface area contributed by atoms with Crippen molar-refractivity contribution in [2.75, 3.05) is 17.2 Å². The van der Waals surface area contributed by atoms with Crippen LogP contribution in [0.4, 0.5) is 17.5 Å².